The first kappa shape index (κ1) is 18.7. The van der Waals surface area contributed by atoms with Crippen molar-refractivity contribution in [1.82, 2.24) is 0 Å². The van der Waals surface area contributed by atoms with Crippen LogP contribution >= 0.6 is 9.24 Å². The molecule has 3 rings (SSSR count). The van der Waals surface area contributed by atoms with Crippen LogP contribution in [0.5, 0.6) is 0 Å². The Hall–Kier alpha value is -1.64. The van der Waals surface area contributed by atoms with Crippen molar-refractivity contribution in [3.8, 4) is 0 Å². The van der Waals surface area contributed by atoms with Crippen LogP contribution in [0.4, 0.5) is 13.2 Å². The first-order valence-electron chi connectivity index (χ1n) is 7.13. The zero-order valence-electron chi connectivity index (χ0n) is 12.6. The quantitative estimate of drug-likeness (QED) is 0.457. The second kappa shape index (κ2) is 7.50. The fraction of sp³-hybridized carbons (Fsp3) is 0.0526. The van der Waals surface area contributed by atoms with Crippen LogP contribution in [-0.4, -0.2) is 0 Å². The van der Waals surface area contributed by atoms with E-state index in [-0.39, 0.29) is 34.4 Å². The fourth-order valence-corrected chi connectivity index (χ4v) is 3.42. The summed E-state index contributed by atoms with van der Waals surface area (Å²) in [4.78, 5) is 0. The summed E-state index contributed by atoms with van der Waals surface area (Å²) >= 11 is 0. The Labute approximate surface area is 151 Å². The van der Waals surface area contributed by atoms with Crippen LogP contribution in [0.15, 0.2) is 72.8 Å². The number of hydrogen-bond acceptors (Lipinski definition) is 0. The van der Waals surface area contributed by atoms with Crippen molar-refractivity contribution in [1.29, 1.82) is 0 Å². The fourth-order valence-electron chi connectivity index (χ4n) is 2.76. The smallest absolute Gasteiger partial charge is 0.147 e. The van der Waals surface area contributed by atoms with Gasteiger partial charge in [0.05, 0.1) is 0 Å². The van der Waals surface area contributed by atoms with Crippen molar-refractivity contribution in [2.45, 2.75) is 5.16 Å². The van der Waals surface area contributed by atoms with Gasteiger partial charge in [0.15, 0.2) is 0 Å². The van der Waals surface area contributed by atoms with Gasteiger partial charge in [0, 0.05) is 16.7 Å². The predicted octanol–water partition coefficient (Wildman–Crippen LogP) is 2.01. The second-order valence-electron chi connectivity index (χ2n) is 5.44. The molecule has 0 nitrogen and oxygen atoms in total. The Morgan fingerprint density at radius 3 is 1.12 bits per heavy atom. The summed E-state index contributed by atoms with van der Waals surface area (Å²) in [6, 6.07) is 18.4. The largest absolute Gasteiger partial charge is 1.00 e. The topological polar surface area (TPSA) is 0 Å². The van der Waals surface area contributed by atoms with Gasteiger partial charge in [-0.25, -0.2) is 13.2 Å². The van der Waals surface area contributed by atoms with Crippen molar-refractivity contribution in [3.05, 3.63) is 107 Å². The van der Waals surface area contributed by atoms with E-state index in [9.17, 15) is 13.2 Å². The molecule has 5 heteroatoms. The Morgan fingerprint density at radius 2 is 0.875 bits per heavy atom. The SMILES string of the molecule is Fc1cccc(C([PH3+])(c2cccc(F)c2)c2cccc(F)c2)c1.[Br-]. The van der Waals surface area contributed by atoms with Crippen molar-refractivity contribution >= 4 is 9.24 Å². The lowest BCUT2D eigenvalue weighted by Gasteiger charge is -2.27. The maximum Gasteiger partial charge on any atom is 0.147 e. The Balaban J connectivity index is 0.00000208. The number of rotatable bonds is 3. The van der Waals surface area contributed by atoms with Crippen LogP contribution in [0.1, 0.15) is 16.7 Å². The third-order valence-electron chi connectivity index (χ3n) is 3.95. The van der Waals surface area contributed by atoms with Crippen LogP contribution in [0.25, 0.3) is 0 Å². The van der Waals surface area contributed by atoms with Crippen LogP contribution in [0.2, 0.25) is 0 Å². The molecule has 1 atom stereocenters. The van der Waals surface area contributed by atoms with Gasteiger partial charge in [-0.3, -0.25) is 0 Å². The van der Waals surface area contributed by atoms with Crippen LogP contribution < -0.4 is 17.0 Å². The molecule has 0 aliphatic heterocycles. The molecule has 3 aromatic carbocycles. The van der Waals surface area contributed by atoms with Gasteiger partial charge in [0.2, 0.25) is 0 Å². The van der Waals surface area contributed by atoms with E-state index in [2.05, 4.69) is 0 Å². The van der Waals surface area contributed by atoms with Gasteiger partial charge in [0.1, 0.15) is 22.6 Å². The van der Waals surface area contributed by atoms with E-state index in [1.165, 1.54) is 36.4 Å². The first-order valence-corrected chi connectivity index (χ1v) is 7.84. The van der Waals surface area contributed by atoms with Crippen LogP contribution in [0, 0.1) is 17.5 Å². The van der Waals surface area contributed by atoms with E-state index < -0.39 is 5.16 Å². The summed E-state index contributed by atoms with van der Waals surface area (Å²) in [5, 5.41) is -0.841. The maximum atomic E-state index is 13.7. The first-order chi connectivity index (χ1) is 11.0. The highest BCUT2D eigenvalue weighted by molar-refractivity contribution is 7.19. The number of halogens is 4. The Morgan fingerprint density at radius 1 is 0.583 bits per heavy atom. The van der Waals surface area contributed by atoms with Crippen molar-refractivity contribution < 1.29 is 30.2 Å². The van der Waals surface area contributed by atoms with Crippen molar-refractivity contribution in [2.24, 2.45) is 0 Å². The minimum atomic E-state index is -0.841. The Kier molecular flexibility index (Phi) is 5.84. The summed E-state index contributed by atoms with van der Waals surface area (Å²) in [5.74, 6) is -1.15. The summed E-state index contributed by atoms with van der Waals surface area (Å²) in [6.07, 6.45) is 0. The molecule has 0 aliphatic rings. The highest BCUT2D eigenvalue weighted by Gasteiger charge is 2.37. The summed E-state index contributed by atoms with van der Waals surface area (Å²) in [7, 11) is 1.58. The zero-order valence-corrected chi connectivity index (χ0v) is 15.6. The molecule has 124 valence electrons. The summed E-state index contributed by atoms with van der Waals surface area (Å²) in [6.45, 7) is 0. The van der Waals surface area contributed by atoms with Gasteiger partial charge < -0.3 is 17.0 Å². The van der Waals surface area contributed by atoms with Gasteiger partial charge in [-0.05, 0) is 45.6 Å². The third kappa shape index (κ3) is 3.55. The van der Waals surface area contributed by atoms with Crippen LogP contribution in [-0.2, 0) is 5.16 Å². The molecule has 0 aromatic heterocycles. The van der Waals surface area contributed by atoms with Gasteiger partial charge in [-0.15, -0.1) is 0 Å². The summed E-state index contributed by atoms with van der Waals surface area (Å²) < 4.78 is 41.2. The predicted molar refractivity (Wildman–Crippen MR) is 90.2 cm³/mol. The molecule has 0 saturated carbocycles. The van der Waals surface area contributed by atoms with E-state index in [1.54, 1.807) is 45.6 Å². The van der Waals surface area contributed by atoms with Crippen molar-refractivity contribution in [2.75, 3.05) is 0 Å². The molecule has 0 fully saturated rings. The molecule has 0 saturated heterocycles. The van der Waals surface area contributed by atoms with E-state index in [0.29, 0.717) is 16.7 Å². The molecule has 0 amide bonds. The van der Waals surface area contributed by atoms with Gasteiger partial charge in [-0.1, -0.05) is 36.4 Å². The van der Waals surface area contributed by atoms with E-state index in [1.807, 2.05) is 0 Å². The minimum absolute atomic E-state index is 0. The van der Waals surface area contributed by atoms with Crippen molar-refractivity contribution in [3.63, 3.8) is 0 Å². The maximum absolute atomic E-state index is 13.7. The lowest BCUT2D eigenvalue weighted by atomic mass is 9.84. The highest BCUT2D eigenvalue weighted by Crippen LogP contribution is 2.45. The van der Waals surface area contributed by atoms with Gasteiger partial charge in [-0.2, -0.15) is 0 Å². The zero-order chi connectivity index (χ0) is 16.4. The van der Waals surface area contributed by atoms with Gasteiger partial charge >= 0.3 is 0 Å². The summed E-state index contributed by atoms with van der Waals surface area (Å²) in [5.41, 5.74) is 1.94. The molecule has 3 aromatic rings. The Bertz CT molecular complexity index is 740. The van der Waals surface area contributed by atoms with Gasteiger partial charge in [0.25, 0.3) is 0 Å². The molecule has 0 heterocycles. The lowest BCUT2D eigenvalue weighted by Crippen LogP contribution is -3.00. The number of benzene rings is 3. The lowest BCUT2D eigenvalue weighted by molar-refractivity contribution is -0.00000631. The minimum Gasteiger partial charge on any atom is -1.00 e. The molecular weight excluding hydrogens is 396 g/mol. The molecule has 0 aliphatic carbocycles. The molecule has 0 spiro atoms. The van der Waals surface area contributed by atoms with E-state index in [0.717, 1.165) is 0 Å². The highest BCUT2D eigenvalue weighted by atomic mass is 79.9. The normalized spacial score (nSPS) is 11.1. The molecule has 24 heavy (non-hydrogen) atoms. The monoisotopic (exact) mass is 410 g/mol. The number of hydrogen-bond donors (Lipinski definition) is 0. The standard InChI is InChI=1S/C19H14F3P.BrH/c20-16-7-1-4-13(10-16)19(23,14-5-2-8-17(21)11-14)15-6-3-9-18(22)12-15;/h1-12H,23H2;1H. The molecular formula is C19H15BrF3P. The molecule has 1 unspecified atom stereocenters. The molecule has 0 radical (unpaired) electrons. The molecule has 0 bridgehead atoms. The van der Waals surface area contributed by atoms with E-state index in [4.69, 9.17) is 0 Å². The van der Waals surface area contributed by atoms with E-state index >= 15 is 0 Å². The average molecular weight is 411 g/mol. The third-order valence-corrected chi connectivity index (χ3v) is 5.18. The average Bonchev–Trinajstić information content (AvgIpc) is 2.54. The molecule has 0 N–H and O–H groups in total. The van der Waals surface area contributed by atoms with Crippen LogP contribution in [0.3, 0.4) is 0 Å². The second-order valence-corrected chi connectivity index (χ2v) is 6.50.